The molecule has 0 aliphatic carbocycles. The fraction of sp³-hybridized carbons (Fsp3) is 0.300. The van der Waals surface area contributed by atoms with Crippen molar-refractivity contribution in [1.82, 2.24) is 0 Å². The van der Waals surface area contributed by atoms with Crippen LogP contribution < -0.4 is 10.2 Å². The number of hydrogen-bond donors (Lipinski definition) is 1. The van der Waals surface area contributed by atoms with E-state index in [-0.39, 0.29) is 5.91 Å². The van der Waals surface area contributed by atoms with Crippen molar-refractivity contribution in [3.05, 3.63) is 23.2 Å². The van der Waals surface area contributed by atoms with E-state index >= 15 is 0 Å². The minimum Gasteiger partial charge on any atom is -0.383 e. The number of nitrogens with zero attached hydrogens (tertiary/aromatic N) is 1. The van der Waals surface area contributed by atoms with Gasteiger partial charge in [0.15, 0.2) is 0 Å². The van der Waals surface area contributed by atoms with Crippen molar-refractivity contribution in [1.29, 1.82) is 0 Å². The van der Waals surface area contributed by atoms with Gasteiger partial charge in [0.1, 0.15) is 0 Å². The van der Waals surface area contributed by atoms with Crippen molar-refractivity contribution in [3.63, 3.8) is 0 Å². The van der Waals surface area contributed by atoms with Gasteiger partial charge < -0.3 is 10.2 Å². The molecule has 0 radical (unpaired) electrons. The summed E-state index contributed by atoms with van der Waals surface area (Å²) >= 11 is 5.87. The highest BCUT2D eigenvalue weighted by Crippen LogP contribution is 2.30. The number of rotatable bonds is 0. The number of benzene rings is 1. The molecule has 0 atom stereocenters. The lowest BCUT2D eigenvalue weighted by Crippen LogP contribution is -2.25. The molecule has 0 fully saturated rings. The highest BCUT2D eigenvalue weighted by molar-refractivity contribution is 6.31. The average molecular weight is 211 g/mol. The number of nitrogens with one attached hydrogen (secondary N) is 1. The monoisotopic (exact) mass is 210 g/mol. The van der Waals surface area contributed by atoms with E-state index in [9.17, 15) is 4.79 Å². The van der Waals surface area contributed by atoms with Crippen LogP contribution in [0.1, 0.15) is 6.42 Å². The number of fused-ring (bicyclic) bond motifs is 1. The second kappa shape index (κ2) is 3.50. The Balaban J connectivity index is 2.48. The first-order valence-corrected chi connectivity index (χ1v) is 4.86. The average Bonchev–Trinajstić information content (AvgIpc) is 2.28. The van der Waals surface area contributed by atoms with Gasteiger partial charge >= 0.3 is 0 Å². The zero-order valence-electron chi connectivity index (χ0n) is 7.88. The van der Waals surface area contributed by atoms with Crippen LogP contribution in [0.3, 0.4) is 0 Å². The third-order valence-electron chi connectivity index (χ3n) is 2.35. The van der Waals surface area contributed by atoms with Crippen LogP contribution in [-0.4, -0.2) is 19.5 Å². The van der Waals surface area contributed by atoms with Gasteiger partial charge in [-0.1, -0.05) is 11.6 Å². The summed E-state index contributed by atoms with van der Waals surface area (Å²) < 4.78 is 0. The Bertz CT molecular complexity index is 378. The first-order chi connectivity index (χ1) is 6.68. The molecule has 0 aromatic heterocycles. The molecular weight excluding hydrogens is 200 g/mol. The maximum atomic E-state index is 11.5. The minimum atomic E-state index is 0.124. The van der Waals surface area contributed by atoms with Crippen molar-refractivity contribution in [2.24, 2.45) is 0 Å². The fourth-order valence-corrected chi connectivity index (χ4v) is 1.72. The molecule has 0 saturated carbocycles. The molecule has 2 rings (SSSR count). The molecule has 74 valence electrons. The van der Waals surface area contributed by atoms with Crippen molar-refractivity contribution in [2.75, 3.05) is 23.8 Å². The van der Waals surface area contributed by atoms with Gasteiger partial charge in [-0.3, -0.25) is 4.79 Å². The second-order valence-electron chi connectivity index (χ2n) is 3.29. The topological polar surface area (TPSA) is 32.3 Å². The van der Waals surface area contributed by atoms with Crippen molar-refractivity contribution in [3.8, 4) is 0 Å². The molecule has 1 aromatic carbocycles. The van der Waals surface area contributed by atoms with Gasteiger partial charge in [-0.25, -0.2) is 0 Å². The lowest BCUT2D eigenvalue weighted by molar-refractivity contribution is -0.118. The normalized spacial score (nSPS) is 15.9. The van der Waals surface area contributed by atoms with E-state index in [1.807, 2.05) is 12.1 Å². The summed E-state index contributed by atoms with van der Waals surface area (Å²) in [5.74, 6) is 0.124. The number of carbonyl (C=O) groups excluding carboxylic acids is 1. The second-order valence-corrected chi connectivity index (χ2v) is 3.73. The highest BCUT2D eigenvalue weighted by Gasteiger charge is 2.17. The van der Waals surface area contributed by atoms with Crippen LogP contribution in [0.15, 0.2) is 18.2 Å². The summed E-state index contributed by atoms with van der Waals surface area (Å²) in [7, 11) is 1.78. The zero-order valence-corrected chi connectivity index (χ0v) is 8.64. The molecule has 1 aliphatic rings. The van der Waals surface area contributed by atoms with Gasteiger partial charge in [0.25, 0.3) is 0 Å². The molecule has 0 saturated heterocycles. The largest absolute Gasteiger partial charge is 0.383 e. The molecule has 0 bridgehead atoms. The molecule has 1 aromatic rings. The summed E-state index contributed by atoms with van der Waals surface area (Å²) in [6.45, 7) is 0.663. The zero-order chi connectivity index (χ0) is 10.1. The highest BCUT2D eigenvalue weighted by atomic mass is 35.5. The standard InChI is InChI=1S/C10H11ClN2O/c1-13-9-3-2-7(11)6-8(9)12-5-4-10(13)14/h2-3,6,12H,4-5H2,1H3. The van der Waals surface area contributed by atoms with Gasteiger partial charge in [0.2, 0.25) is 5.91 Å². The lowest BCUT2D eigenvalue weighted by atomic mass is 10.2. The van der Waals surface area contributed by atoms with E-state index in [1.54, 1.807) is 18.0 Å². The van der Waals surface area contributed by atoms with Crippen LogP contribution in [-0.2, 0) is 4.79 Å². The Hall–Kier alpha value is -1.22. The summed E-state index contributed by atoms with van der Waals surface area (Å²) in [5, 5.41) is 3.86. The van der Waals surface area contributed by atoms with Gasteiger partial charge in [-0.2, -0.15) is 0 Å². The van der Waals surface area contributed by atoms with Gasteiger partial charge in [0, 0.05) is 25.0 Å². The molecular formula is C10H11ClN2O. The van der Waals surface area contributed by atoms with E-state index < -0.39 is 0 Å². The molecule has 1 amide bonds. The molecule has 4 heteroatoms. The predicted molar refractivity (Wildman–Crippen MR) is 58.0 cm³/mol. The van der Waals surface area contributed by atoms with E-state index in [4.69, 9.17) is 11.6 Å². The van der Waals surface area contributed by atoms with Gasteiger partial charge in [-0.05, 0) is 18.2 Å². The first-order valence-electron chi connectivity index (χ1n) is 4.48. The molecule has 3 nitrogen and oxygen atoms in total. The molecule has 1 heterocycles. The summed E-state index contributed by atoms with van der Waals surface area (Å²) in [6, 6.07) is 5.48. The molecule has 0 unspecified atom stereocenters. The third-order valence-corrected chi connectivity index (χ3v) is 2.58. The molecule has 14 heavy (non-hydrogen) atoms. The van der Waals surface area contributed by atoms with E-state index in [1.165, 1.54) is 0 Å². The summed E-state index contributed by atoms with van der Waals surface area (Å²) in [5.41, 5.74) is 1.81. The van der Waals surface area contributed by atoms with E-state index in [0.717, 1.165) is 11.4 Å². The number of hydrogen-bond acceptors (Lipinski definition) is 2. The molecule has 1 aliphatic heterocycles. The van der Waals surface area contributed by atoms with Gasteiger partial charge in [-0.15, -0.1) is 0 Å². The van der Waals surface area contributed by atoms with E-state index in [2.05, 4.69) is 5.32 Å². The van der Waals surface area contributed by atoms with Crippen LogP contribution in [0.5, 0.6) is 0 Å². The van der Waals surface area contributed by atoms with Crippen molar-refractivity contribution in [2.45, 2.75) is 6.42 Å². The summed E-state index contributed by atoms with van der Waals surface area (Å²) in [4.78, 5) is 13.2. The lowest BCUT2D eigenvalue weighted by Gasteiger charge is -2.16. The predicted octanol–water partition coefficient (Wildman–Crippen LogP) is 2.12. The maximum absolute atomic E-state index is 11.5. The first kappa shape index (κ1) is 9.34. The Morgan fingerprint density at radius 3 is 3.07 bits per heavy atom. The maximum Gasteiger partial charge on any atom is 0.228 e. The van der Waals surface area contributed by atoms with Crippen LogP contribution in [0, 0.1) is 0 Å². The fourth-order valence-electron chi connectivity index (χ4n) is 1.55. The Morgan fingerprint density at radius 2 is 2.29 bits per heavy atom. The number of anilines is 2. The Morgan fingerprint density at radius 1 is 1.50 bits per heavy atom. The van der Waals surface area contributed by atoms with E-state index in [0.29, 0.717) is 18.0 Å². The Kier molecular flexibility index (Phi) is 2.33. The van der Waals surface area contributed by atoms with Crippen LogP contribution in [0.4, 0.5) is 11.4 Å². The molecule has 1 N–H and O–H groups in total. The van der Waals surface area contributed by atoms with Crippen molar-refractivity contribution < 1.29 is 4.79 Å². The van der Waals surface area contributed by atoms with Crippen molar-refractivity contribution >= 4 is 28.9 Å². The van der Waals surface area contributed by atoms with Crippen LogP contribution in [0.25, 0.3) is 0 Å². The van der Waals surface area contributed by atoms with Gasteiger partial charge in [0.05, 0.1) is 11.4 Å². The van der Waals surface area contributed by atoms with Crippen LogP contribution in [0.2, 0.25) is 5.02 Å². The SMILES string of the molecule is CN1C(=O)CCNc2cc(Cl)ccc21. The smallest absolute Gasteiger partial charge is 0.228 e. The molecule has 0 spiro atoms. The van der Waals surface area contributed by atoms with Crippen LogP contribution >= 0.6 is 11.6 Å². The quantitative estimate of drug-likeness (QED) is 0.712. The number of halogens is 1. The number of carbonyl (C=O) groups is 1. The summed E-state index contributed by atoms with van der Waals surface area (Å²) in [6.07, 6.45) is 0.517. The Labute approximate surface area is 87.7 Å². The number of amides is 1. The minimum absolute atomic E-state index is 0.124. The third kappa shape index (κ3) is 1.55.